The number of carbonyl (C=O) groups is 1. The standard InChI is InChI=1S/C18H13ClN2O4S3/c19-12-2-4-13(5-3-12)20-17(23)16(28-18(20)26)10-11-1-6-15(27-8-7-22)14(9-11)21(24)25/h1-6,9-10,22H,7-8H2/b16-10+. The molecule has 1 saturated heterocycles. The quantitative estimate of drug-likeness (QED) is 0.223. The van der Waals surface area contributed by atoms with E-state index in [1.165, 1.54) is 22.7 Å². The highest BCUT2D eigenvalue weighted by atomic mass is 35.5. The Hall–Kier alpha value is -1.91. The van der Waals surface area contributed by atoms with Crippen LogP contribution in [-0.4, -0.2) is 32.6 Å². The van der Waals surface area contributed by atoms with Gasteiger partial charge in [-0.2, -0.15) is 0 Å². The molecule has 1 amide bonds. The van der Waals surface area contributed by atoms with Crippen molar-refractivity contribution in [1.82, 2.24) is 0 Å². The molecular formula is C18H13ClN2O4S3. The zero-order chi connectivity index (χ0) is 20.3. The van der Waals surface area contributed by atoms with Crippen molar-refractivity contribution in [2.24, 2.45) is 0 Å². The van der Waals surface area contributed by atoms with E-state index in [2.05, 4.69) is 0 Å². The van der Waals surface area contributed by atoms with Gasteiger partial charge in [0.15, 0.2) is 4.32 Å². The lowest BCUT2D eigenvalue weighted by Crippen LogP contribution is -2.27. The van der Waals surface area contributed by atoms with Crippen LogP contribution < -0.4 is 4.90 Å². The molecule has 0 unspecified atom stereocenters. The predicted octanol–water partition coefficient (Wildman–Crippen LogP) is 4.74. The number of nitrogens with zero attached hydrogens (tertiary/aromatic N) is 2. The minimum absolute atomic E-state index is 0.0691. The van der Waals surface area contributed by atoms with Crippen molar-refractivity contribution in [3.63, 3.8) is 0 Å². The molecule has 144 valence electrons. The predicted molar refractivity (Wildman–Crippen MR) is 118 cm³/mol. The maximum Gasteiger partial charge on any atom is 0.283 e. The number of halogens is 1. The summed E-state index contributed by atoms with van der Waals surface area (Å²) in [5.74, 6) is 0.0682. The number of nitro groups is 1. The third kappa shape index (κ3) is 4.56. The maximum atomic E-state index is 12.8. The number of rotatable bonds is 6. The molecule has 6 nitrogen and oxygen atoms in total. The number of benzene rings is 2. The molecular weight excluding hydrogens is 440 g/mol. The number of nitro benzene ring substituents is 1. The van der Waals surface area contributed by atoms with Crippen LogP contribution in [0.5, 0.6) is 0 Å². The summed E-state index contributed by atoms with van der Waals surface area (Å²) in [6, 6.07) is 11.5. The number of aliphatic hydroxyl groups excluding tert-OH is 1. The number of thioether (sulfide) groups is 2. The largest absolute Gasteiger partial charge is 0.396 e. The van der Waals surface area contributed by atoms with Crippen LogP contribution in [0.15, 0.2) is 52.3 Å². The van der Waals surface area contributed by atoms with Gasteiger partial charge in [-0.25, -0.2) is 0 Å². The minimum Gasteiger partial charge on any atom is -0.396 e. The van der Waals surface area contributed by atoms with Crippen LogP contribution in [0.2, 0.25) is 5.02 Å². The average Bonchev–Trinajstić information content (AvgIpc) is 2.94. The van der Waals surface area contributed by atoms with Crippen LogP contribution in [0.1, 0.15) is 5.56 Å². The minimum atomic E-state index is -0.476. The van der Waals surface area contributed by atoms with Crippen LogP contribution in [-0.2, 0) is 4.79 Å². The molecule has 28 heavy (non-hydrogen) atoms. The van der Waals surface area contributed by atoms with E-state index in [0.717, 1.165) is 11.8 Å². The Morgan fingerprint density at radius 1 is 1.29 bits per heavy atom. The van der Waals surface area contributed by atoms with Gasteiger partial charge in [0.1, 0.15) is 0 Å². The van der Waals surface area contributed by atoms with Gasteiger partial charge in [0, 0.05) is 16.8 Å². The van der Waals surface area contributed by atoms with Gasteiger partial charge < -0.3 is 5.11 Å². The highest BCUT2D eigenvalue weighted by molar-refractivity contribution is 8.27. The molecule has 2 aromatic rings. The maximum absolute atomic E-state index is 12.8. The van der Waals surface area contributed by atoms with Crippen LogP contribution in [0, 0.1) is 10.1 Å². The van der Waals surface area contributed by atoms with E-state index in [1.54, 1.807) is 42.5 Å². The molecule has 0 bridgehead atoms. The smallest absolute Gasteiger partial charge is 0.283 e. The van der Waals surface area contributed by atoms with Crippen LogP contribution >= 0.6 is 47.3 Å². The van der Waals surface area contributed by atoms with Crippen molar-refractivity contribution < 1.29 is 14.8 Å². The first-order valence-electron chi connectivity index (χ1n) is 7.96. The molecule has 2 aromatic carbocycles. The topological polar surface area (TPSA) is 83.7 Å². The average molecular weight is 453 g/mol. The Labute approximate surface area is 179 Å². The fourth-order valence-electron chi connectivity index (χ4n) is 2.48. The molecule has 3 rings (SSSR count). The van der Waals surface area contributed by atoms with Crippen molar-refractivity contribution in [3.05, 3.63) is 68.1 Å². The van der Waals surface area contributed by atoms with Crippen LogP contribution in [0.3, 0.4) is 0 Å². The first-order valence-corrected chi connectivity index (χ1v) is 10.5. The zero-order valence-corrected chi connectivity index (χ0v) is 17.4. The number of aliphatic hydroxyl groups is 1. The lowest BCUT2D eigenvalue weighted by atomic mass is 10.2. The van der Waals surface area contributed by atoms with Crippen molar-refractivity contribution >= 4 is 75.0 Å². The van der Waals surface area contributed by atoms with Crippen molar-refractivity contribution in [3.8, 4) is 0 Å². The lowest BCUT2D eigenvalue weighted by Gasteiger charge is -2.14. The van der Waals surface area contributed by atoms with Gasteiger partial charge in [0.25, 0.3) is 11.6 Å². The van der Waals surface area contributed by atoms with Gasteiger partial charge in [0.05, 0.1) is 27.0 Å². The lowest BCUT2D eigenvalue weighted by molar-refractivity contribution is -0.387. The number of amides is 1. The van der Waals surface area contributed by atoms with E-state index >= 15 is 0 Å². The molecule has 0 atom stereocenters. The molecule has 1 aliphatic heterocycles. The van der Waals surface area contributed by atoms with E-state index in [4.69, 9.17) is 28.9 Å². The van der Waals surface area contributed by atoms with Crippen LogP contribution in [0.4, 0.5) is 11.4 Å². The van der Waals surface area contributed by atoms with E-state index in [9.17, 15) is 14.9 Å². The summed E-state index contributed by atoms with van der Waals surface area (Å²) >= 11 is 13.5. The molecule has 1 fully saturated rings. The fraction of sp³-hybridized carbons (Fsp3) is 0.111. The van der Waals surface area contributed by atoms with Gasteiger partial charge >= 0.3 is 0 Å². The third-order valence-corrected chi connectivity index (χ3v) is 6.30. The Bertz CT molecular complexity index is 979. The number of thiocarbonyl (C=S) groups is 1. The third-order valence-electron chi connectivity index (χ3n) is 3.70. The summed E-state index contributed by atoms with van der Waals surface area (Å²) < 4.78 is 0.378. The second kappa shape index (κ2) is 9.06. The Morgan fingerprint density at radius 3 is 2.64 bits per heavy atom. The second-order valence-corrected chi connectivity index (χ2v) is 8.80. The number of carbonyl (C=O) groups excluding carboxylic acids is 1. The highest BCUT2D eigenvalue weighted by Gasteiger charge is 2.33. The second-order valence-electron chi connectivity index (χ2n) is 5.55. The normalized spacial score (nSPS) is 15.5. The van der Waals surface area contributed by atoms with Gasteiger partial charge in [-0.3, -0.25) is 19.8 Å². The molecule has 0 aliphatic carbocycles. The zero-order valence-electron chi connectivity index (χ0n) is 14.2. The summed E-state index contributed by atoms with van der Waals surface area (Å²) in [6.45, 7) is -0.0727. The summed E-state index contributed by atoms with van der Waals surface area (Å²) in [6.07, 6.45) is 1.59. The highest BCUT2D eigenvalue weighted by Crippen LogP contribution is 2.37. The molecule has 0 saturated carbocycles. The summed E-state index contributed by atoms with van der Waals surface area (Å²) in [5, 5.41) is 20.8. The summed E-state index contributed by atoms with van der Waals surface area (Å²) in [7, 11) is 0. The van der Waals surface area contributed by atoms with Crippen molar-refractivity contribution in [2.75, 3.05) is 17.3 Å². The van der Waals surface area contributed by atoms with E-state index in [0.29, 0.717) is 36.1 Å². The van der Waals surface area contributed by atoms with Gasteiger partial charge in [-0.15, -0.1) is 11.8 Å². The van der Waals surface area contributed by atoms with Gasteiger partial charge in [0.2, 0.25) is 0 Å². The van der Waals surface area contributed by atoms with Crippen LogP contribution in [0.25, 0.3) is 6.08 Å². The van der Waals surface area contributed by atoms with Gasteiger partial charge in [-0.05, 0) is 42.0 Å². The SMILES string of the molecule is O=C1/C(=C\c2ccc(SCCO)c([N+](=O)[O-])c2)SC(=S)N1c1ccc(Cl)cc1. The number of hydrogen-bond acceptors (Lipinski definition) is 7. The molecule has 0 aromatic heterocycles. The first-order chi connectivity index (χ1) is 13.4. The molecule has 10 heteroatoms. The van der Waals surface area contributed by atoms with Gasteiger partial charge in [-0.1, -0.05) is 41.6 Å². The molecule has 1 aliphatic rings. The van der Waals surface area contributed by atoms with E-state index < -0.39 is 4.92 Å². The summed E-state index contributed by atoms with van der Waals surface area (Å²) in [5.41, 5.74) is 1.06. The fourth-order valence-corrected chi connectivity index (χ4v) is 4.66. The Morgan fingerprint density at radius 2 is 2.00 bits per heavy atom. The molecule has 0 radical (unpaired) electrons. The van der Waals surface area contributed by atoms with Crippen molar-refractivity contribution in [1.29, 1.82) is 0 Å². The Balaban J connectivity index is 1.90. The monoisotopic (exact) mass is 452 g/mol. The number of anilines is 1. The number of hydrogen-bond donors (Lipinski definition) is 1. The first kappa shape index (κ1) is 20.8. The molecule has 0 spiro atoms. The van der Waals surface area contributed by atoms with E-state index in [1.807, 2.05) is 0 Å². The summed E-state index contributed by atoms with van der Waals surface area (Å²) in [4.78, 5) is 25.9. The van der Waals surface area contributed by atoms with Crippen molar-refractivity contribution in [2.45, 2.75) is 4.90 Å². The van der Waals surface area contributed by atoms with E-state index in [-0.39, 0.29) is 18.2 Å². The molecule has 1 N–H and O–H groups in total. The Kier molecular flexibility index (Phi) is 6.73. The molecule has 1 heterocycles.